The van der Waals surface area contributed by atoms with Gasteiger partial charge < -0.3 is 14.6 Å². The number of thiazole rings is 1. The van der Waals surface area contributed by atoms with Crippen LogP contribution in [-0.2, 0) is 4.74 Å². The standard InChI is InChI=1S/C8H9NO4S/c1-4-9-7(6(14-4)8(10)11)13-5-2-12-3-5/h5H,2-3H2,1H3,(H,10,11). The molecule has 14 heavy (non-hydrogen) atoms. The Morgan fingerprint density at radius 2 is 2.43 bits per heavy atom. The Hall–Kier alpha value is -1.14. The first-order chi connectivity index (χ1) is 6.66. The van der Waals surface area contributed by atoms with Crippen molar-refractivity contribution in [1.82, 2.24) is 4.98 Å². The number of hydrogen-bond donors (Lipinski definition) is 1. The summed E-state index contributed by atoms with van der Waals surface area (Å²) in [4.78, 5) is 15.0. The minimum Gasteiger partial charge on any atom is -0.477 e. The topological polar surface area (TPSA) is 68.7 Å². The summed E-state index contributed by atoms with van der Waals surface area (Å²) in [6.07, 6.45) is -0.0467. The van der Waals surface area contributed by atoms with Crippen LogP contribution in [0.2, 0.25) is 0 Å². The number of ether oxygens (including phenoxy) is 2. The number of nitrogens with zero attached hydrogens (tertiary/aromatic N) is 1. The zero-order chi connectivity index (χ0) is 10.1. The van der Waals surface area contributed by atoms with E-state index < -0.39 is 5.97 Å². The van der Waals surface area contributed by atoms with Gasteiger partial charge in [-0.3, -0.25) is 0 Å². The van der Waals surface area contributed by atoms with Crippen LogP contribution in [-0.4, -0.2) is 35.4 Å². The van der Waals surface area contributed by atoms with Gasteiger partial charge in [0.2, 0.25) is 5.88 Å². The normalized spacial score (nSPS) is 16.4. The molecule has 1 aromatic rings. The van der Waals surface area contributed by atoms with Gasteiger partial charge in [-0.15, -0.1) is 11.3 Å². The molecule has 76 valence electrons. The number of aryl methyl sites for hydroxylation is 1. The van der Waals surface area contributed by atoms with Gasteiger partial charge in [-0.25, -0.2) is 9.78 Å². The minimum absolute atomic E-state index is 0.0467. The van der Waals surface area contributed by atoms with E-state index in [1.165, 1.54) is 0 Å². The molecule has 0 unspecified atom stereocenters. The highest BCUT2D eigenvalue weighted by molar-refractivity contribution is 7.13. The van der Waals surface area contributed by atoms with Gasteiger partial charge in [0, 0.05) is 0 Å². The Kier molecular flexibility index (Phi) is 2.39. The van der Waals surface area contributed by atoms with Gasteiger partial charge in [0.25, 0.3) is 0 Å². The Labute approximate surface area is 84.3 Å². The van der Waals surface area contributed by atoms with Crippen LogP contribution >= 0.6 is 11.3 Å². The van der Waals surface area contributed by atoms with Gasteiger partial charge in [-0.2, -0.15) is 0 Å². The van der Waals surface area contributed by atoms with E-state index in [0.29, 0.717) is 18.2 Å². The Balaban J connectivity index is 2.17. The smallest absolute Gasteiger partial charge is 0.351 e. The van der Waals surface area contributed by atoms with Crippen molar-refractivity contribution in [2.75, 3.05) is 13.2 Å². The third-order valence-electron chi connectivity index (χ3n) is 1.78. The molecule has 0 saturated carbocycles. The largest absolute Gasteiger partial charge is 0.477 e. The van der Waals surface area contributed by atoms with Crippen molar-refractivity contribution in [1.29, 1.82) is 0 Å². The molecule has 0 atom stereocenters. The summed E-state index contributed by atoms with van der Waals surface area (Å²) in [6.45, 7) is 2.77. The highest BCUT2D eigenvalue weighted by atomic mass is 32.1. The molecule has 0 spiro atoms. The van der Waals surface area contributed by atoms with E-state index in [-0.39, 0.29) is 16.9 Å². The lowest BCUT2D eigenvalue weighted by Crippen LogP contribution is -2.38. The predicted octanol–water partition coefficient (Wildman–Crippen LogP) is 0.927. The van der Waals surface area contributed by atoms with E-state index in [2.05, 4.69) is 4.98 Å². The van der Waals surface area contributed by atoms with Crippen LogP contribution in [0, 0.1) is 6.92 Å². The van der Waals surface area contributed by atoms with Crippen LogP contribution in [0.25, 0.3) is 0 Å². The summed E-state index contributed by atoms with van der Waals surface area (Å²) in [5.41, 5.74) is 0. The second-order valence-electron chi connectivity index (χ2n) is 2.95. The summed E-state index contributed by atoms with van der Waals surface area (Å²) in [6, 6.07) is 0. The molecule has 0 bridgehead atoms. The molecule has 2 rings (SSSR count). The van der Waals surface area contributed by atoms with Crippen LogP contribution < -0.4 is 4.74 Å². The van der Waals surface area contributed by atoms with Crippen molar-refractivity contribution in [2.24, 2.45) is 0 Å². The number of hydrogen-bond acceptors (Lipinski definition) is 5. The lowest BCUT2D eigenvalue weighted by Gasteiger charge is -2.25. The maximum atomic E-state index is 10.8. The summed E-state index contributed by atoms with van der Waals surface area (Å²) >= 11 is 1.12. The number of aromatic carboxylic acids is 1. The zero-order valence-electron chi connectivity index (χ0n) is 7.52. The molecule has 1 aliphatic rings. The molecule has 1 saturated heterocycles. The molecular formula is C8H9NO4S. The summed E-state index contributed by atoms with van der Waals surface area (Å²) in [5, 5.41) is 9.53. The number of carboxylic acids is 1. The summed E-state index contributed by atoms with van der Waals surface area (Å²) < 4.78 is 10.3. The second kappa shape index (κ2) is 3.55. The SMILES string of the molecule is Cc1nc(OC2COC2)c(C(=O)O)s1. The fourth-order valence-corrected chi connectivity index (χ4v) is 1.76. The van der Waals surface area contributed by atoms with Crippen molar-refractivity contribution < 1.29 is 19.4 Å². The molecule has 0 amide bonds. The van der Waals surface area contributed by atoms with Gasteiger partial charge in [-0.1, -0.05) is 0 Å². The van der Waals surface area contributed by atoms with Crippen LogP contribution in [0.3, 0.4) is 0 Å². The average molecular weight is 215 g/mol. The lowest BCUT2D eigenvalue weighted by molar-refractivity contribution is -0.0813. The molecule has 0 aromatic carbocycles. The fourth-order valence-electron chi connectivity index (χ4n) is 1.06. The summed E-state index contributed by atoms with van der Waals surface area (Å²) in [5.74, 6) is -0.779. The molecule has 1 aliphatic heterocycles. The Morgan fingerprint density at radius 1 is 1.71 bits per heavy atom. The fraction of sp³-hybridized carbons (Fsp3) is 0.500. The van der Waals surface area contributed by atoms with E-state index in [4.69, 9.17) is 14.6 Å². The quantitative estimate of drug-likeness (QED) is 0.812. The molecule has 6 heteroatoms. The molecule has 1 aromatic heterocycles. The van der Waals surface area contributed by atoms with Gasteiger partial charge in [0.05, 0.1) is 18.2 Å². The maximum absolute atomic E-state index is 10.8. The van der Waals surface area contributed by atoms with E-state index in [1.807, 2.05) is 0 Å². The molecule has 1 fully saturated rings. The summed E-state index contributed by atoms with van der Waals surface area (Å²) in [7, 11) is 0. The Morgan fingerprint density at radius 3 is 2.93 bits per heavy atom. The first kappa shape index (κ1) is 9.42. The van der Waals surface area contributed by atoms with Crippen LogP contribution in [0.5, 0.6) is 5.88 Å². The monoisotopic (exact) mass is 215 g/mol. The molecule has 2 heterocycles. The number of aromatic nitrogens is 1. The molecule has 5 nitrogen and oxygen atoms in total. The zero-order valence-corrected chi connectivity index (χ0v) is 8.34. The highest BCUT2D eigenvalue weighted by Crippen LogP contribution is 2.26. The highest BCUT2D eigenvalue weighted by Gasteiger charge is 2.25. The Bertz CT molecular complexity index is 358. The molecule has 0 radical (unpaired) electrons. The minimum atomic E-state index is -0.995. The van der Waals surface area contributed by atoms with Crippen molar-refractivity contribution in [3.63, 3.8) is 0 Å². The number of carbonyl (C=O) groups is 1. The third kappa shape index (κ3) is 1.71. The van der Waals surface area contributed by atoms with Crippen molar-refractivity contribution in [3.05, 3.63) is 9.88 Å². The van der Waals surface area contributed by atoms with Gasteiger partial charge >= 0.3 is 5.97 Å². The third-order valence-corrected chi connectivity index (χ3v) is 2.72. The van der Waals surface area contributed by atoms with Gasteiger partial charge in [0.15, 0.2) is 4.88 Å². The van der Waals surface area contributed by atoms with Crippen LogP contribution in [0.1, 0.15) is 14.7 Å². The van der Waals surface area contributed by atoms with E-state index in [1.54, 1.807) is 6.92 Å². The maximum Gasteiger partial charge on any atom is 0.351 e. The van der Waals surface area contributed by atoms with Gasteiger partial charge in [0.1, 0.15) is 6.10 Å². The first-order valence-corrected chi connectivity index (χ1v) is 4.93. The van der Waals surface area contributed by atoms with E-state index in [0.717, 1.165) is 11.3 Å². The van der Waals surface area contributed by atoms with Crippen molar-refractivity contribution >= 4 is 17.3 Å². The average Bonchev–Trinajstić information content (AvgIpc) is 2.39. The number of rotatable bonds is 3. The van der Waals surface area contributed by atoms with Gasteiger partial charge in [-0.05, 0) is 6.92 Å². The molecule has 1 N–H and O–H groups in total. The number of carboxylic acid groups (broad SMARTS) is 1. The predicted molar refractivity (Wildman–Crippen MR) is 49.0 cm³/mol. The van der Waals surface area contributed by atoms with Crippen LogP contribution in [0.15, 0.2) is 0 Å². The molecule has 0 aliphatic carbocycles. The van der Waals surface area contributed by atoms with E-state index in [9.17, 15) is 4.79 Å². The lowest BCUT2D eigenvalue weighted by atomic mass is 10.3. The van der Waals surface area contributed by atoms with E-state index >= 15 is 0 Å². The van der Waals surface area contributed by atoms with Crippen molar-refractivity contribution in [3.8, 4) is 5.88 Å². The molecular weight excluding hydrogens is 206 g/mol. The van der Waals surface area contributed by atoms with Crippen LogP contribution in [0.4, 0.5) is 0 Å². The van der Waals surface area contributed by atoms with Crippen molar-refractivity contribution in [2.45, 2.75) is 13.0 Å². The first-order valence-electron chi connectivity index (χ1n) is 4.12. The second-order valence-corrected chi connectivity index (χ2v) is 4.15.